The second-order valence-corrected chi connectivity index (χ2v) is 9.15. The molecule has 0 aromatic heterocycles. The van der Waals surface area contributed by atoms with Crippen molar-refractivity contribution < 1.29 is 0 Å². The molecule has 0 aliphatic heterocycles. The van der Waals surface area contributed by atoms with Crippen molar-refractivity contribution in [3.05, 3.63) is 30.3 Å². The monoisotopic (exact) mass is 202 g/mol. The molecule has 1 aromatic rings. The van der Waals surface area contributed by atoms with E-state index in [1.165, 1.54) is 17.7 Å². The molecule has 0 fully saturated rings. The zero-order valence-electron chi connectivity index (χ0n) is 9.09. The van der Waals surface area contributed by atoms with Crippen molar-refractivity contribution in [1.29, 1.82) is 0 Å². The molecular formula is C13H18Si. The Labute approximate surface area is 88.4 Å². The Morgan fingerprint density at radius 3 is 2.43 bits per heavy atom. The van der Waals surface area contributed by atoms with Gasteiger partial charge in [0.15, 0.2) is 0 Å². The lowest BCUT2D eigenvalue weighted by molar-refractivity contribution is 0.960. The first-order chi connectivity index (χ1) is 6.67. The number of unbranched alkanes of at least 4 members (excludes halogenated alkanes) is 1. The van der Waals surface area contributed by atoms with Crippen LogP contribution in [0.25, 0.3) is 0 Å². The first kappa shape index (κ1) is 11.1. The SMILES string of the molecule is C#CCCC[Si](C)(C)c1ccccc1. The lowest BCUT2D eigenvalue weighted by Gasteiger charge is -2.22. The molecule has 0 radical (unpaired) electrons. The first-order valence-electron chi connectivity index (χ1n) is 5.16. The van der Waals surface area contributed by atoms with Gasteiger partial charge in [-0.3, -0.25) is 0 Å². The van der Waals surface area contributed by atoms with Crippen LogP contribution >= 0.6 is 0 Å². The molecule has 0 aliphatic carbocycles. The van der Waals surface area contributed by atoms with Crippen LogP contribution in [0.2, 0.25) is 19.1 Å². The second-order valence-electron chi connectivity index (χ2n) is 4.31. The summed E-state index contributed by atoms with van der Waals surface area (Å²) < 4.78 is 0. The van der Waals surface area contributed by atoms with Crippen LogP contribution in [0.15, 0.2) is 30.3 Å². The molecule has 0 aliphatic rings. The average molecular weight is 202 g/mol. The Morgan fingerprint density at radius 2 is 1.86 bits per heavy atom. The van der Waals surface area contributed by atoms with E-state index < -0.39 is 8.07 Å². The Hall–Kier alpha value is -1.00. The highest BCUT2D eigenvalue weighted by Gasteiger charge is 2.21. The van der Waals surface area contributed by atoms with E-state index in [1.807, 2.05) is 0 Å². The Bertz CT molecular complexity index is 306. The van der Waals surface area contributed by atoms with E-state index in [-0.39, 0.29) is 0 Å². The van der Waals surface area contributed by atoms with Gasteiger partial charge in [0, 0.05) is 6.42 Å². The predicted octanol–water partition coefficient (Wildman–Crippen LogP) is 3.02. The van der Waals surface area contributed by atoms with Gasteiger partial charge in [0.2, 0.25) is 0 Å². The maximum Gasteiger partial charge on any atom is 0.0806 e. The maximum absolute atomic E-state index is 5.26. The topological polar surface area (TPSA) is 0 Å². The summed E-state index contributed by atoms with van der Waals surface area (Å²) in [5, 5.41) is 1.54. The molecule has 0 atom stereocenters. The minimum absolute atomic E-state index is 0.920. The zero-order valence-corrected chi connectivity index (χ0v) is 10.1. The fourth-order valence-electron chi connectivity index (χ4n) is 1.67. The summed E-state index contributed by atoms with van der Waals surface area (Å²) in [7, 11) is -1.21. The average Bonchev–Trinajstić information content (AvgIpc) is 2.19. The standard InChI is InChI=1S/C13H18Si/c1-4-5-9-12-14(2,3)13-10-7-6-8-11-13/h1,6-8,10-11H,5,9,12H2,2-3H3. The van der Waals surface area contributed by atoms with Gasteiger partial charge in [0.25, 0.3) is 0 Å². The van der Waals surface area contributed by atoms with Crippen LogP contribution in [-0.2, 0) is 0 Å². The maximum atomic E-state index is 5.26. The van der Waals surface area contributed by atoms with Crippen molar-refractivity contribution in [2.45, 2.75) is 32.0 Å². The molecule has 14 heavy (non-hydrogen) atoms. The number of benzene rings is 1. The van der Waals surface area contributed by atoms with E-state index in [0.29, 0.717) is 0 Å². The van der Waals surface area contributed by atoms with Gasteiger partial charge in [-0.2, -0.15) is 0 Å². The van der Waals surface area contributed by atoms with Crippen molar-refractivity contribution in [2.24, 2.45) is 0 Å². The molecule has 0 heterocycles. The molecule has 0 amide bonds. The summed E-state index contributed by atoms with van der Waals surface area (Å²) in [5.74, 6) is 2.71. The summed E-state index contributed by atoms with van der Waals surface area (Å²) in [6, 6.07) is 12.1. The van der Waals surface area contributed by atoms with Crippen LogP contribution in [0, 0.1) is 12.3 Å². The summed E-state index contributed by atoms with van der Waals surface area (Å²) in [4.78, 5) is 0. The first-order valence-corrected chi connectivity index (χ1v) is 8.36. The van der Waals surface area contributed by atoms with E-state index in [1.54, 1.807) is 0 Å². The van der Waals surface area contributed by atoms with Gasteiger partial charge in [0.1, 0.15) is 0 Å². The van der Waals surface area contributed by atoms with Gasteiger partial charge in [-0.25, -0.2) is 0 Å². The Kier molecular flexibility index (Phi) is 3.97. The minimum atomic E-state index is -1.21. The van der Waals surface area contributed by atoms with Crippen LogP contribution in [0.5, 0.6) is 0 Å². The van der Waals surface area contributed by atoms with Gasteiger partial charge in [0.05, 0.1) is 8.07 Å². The highest BCUT2D eigenvalue weighted by atomic mass is 28.3. The van der Waals surface area contributed by atoms with Crippen LogP contribution in [0.1, 0.15) is 12.8 Å². The van der Waals surface area contributed by atoms with Gasteiger partial charge in [-0.1, -0.05) is 54.7 Å². The third-order valence-corrected chi connectivity index (χ3v) is 6.18. The van der Waals surface area contributed by atoms with E-state index >= 15 is 0 Å². The van der Waals surface area contributed by atoms with Gasteiger partial charge >= 0.3 is 0 Å². The fourth-order valence-corrected chi connectivity index (χ4v) is 4.11. The molecule has 0 unspecified atom stereocenters. The molecule has 1 rings (SSSR count). The number of hydrogen-bond donors (Lipinski definition) is 0. The van der Waals surface area contributed by atoms with Crippen molar-refractivity contribution in [1.82, 2.24) is 0 Å². The summed E-state index contributed by atoms with van der Waals surface area (Å²) in [6.07, 6.45) is 7.35. The third-order valence-electron chi connectivity index (χ3n) is 2.68. The molecule has 74 valence electrons. The highest BCUT2D eigenvalue weighted by Crippen LogP contribution is 2.13. The number of rotatable bonds is 4. The van der Waals surface area contributed by atoms with Crippen LogP contribution in [0.4, 0.5) is 0 Å². The van der Waals surface area contributed by atoms with Crippen molar-refractivity contribution >= 4 is 13.3 Å². The minimum Gasteiger partial charge on any atom is -0.120 e. The van der Waals surface area contributed by atoms with Crippen LogP contribution in [-0.4, -0.2) is 8.07 Å². The van der Waals surface area contributed by atoms with Gasteiger partial charge in [-0.15, -0.1) is 12.3 Å². The molecule has 0 spiro atoms. The summed E-state index contributed by atoms with van der Waals surface area (Å²) in [5.41, 5.74) is 0. The van der Waals surface area contributed by atoms with E-state index in [2.05, 4.69) is 49.3 Å². The molecule has 0 N–H and O–H groups in total. The summed E-state index contributed by atoms with van der Waals surface area (Å²) in [6.45, 7) is 4.83. The summed E-state index contributed by atoms with van der Waals surface area (Å²) >= 11 is 0. The third kappa shape index (κ3) is 3.05. The van der Waals surface area contributed by atoms with Crippen molar-refractivity contribution in [2.75, 3.05) is 0 Å². The smallest absolute Gasteiger partial charge is 0.0806 e. The van der Waals surface area contributed by atoms with Crippen LogP contribution < -0.4 is 5.19 Å². The van der Waals surface area contributed by atoms with Gasteiger partial charge in [-0.05, 0) is 6.42 Å². The van der Waals surface area contributed by atoms with Crippen molar-refractivity contribution in [3.8, 4) is 12.3 Å². The van der Waals surface area contributed by atoms with E-state index in [0.717, 1.165) is 6.42 Å². The zero-order chi connectivity index (χ0) is 10.4. The molecule has 0 bridgehead atoms. The van der Waals surface area contributed by atoms with Gasteiger partial charge < -0.3 is 0 Å². The number of hydrogen-bond acceptors (Lipinski definition) is 0. The normalized spacial score (nSPS) is 10.9. The van der Waals surface area contributed by atoms with E-state index in [9.17, 15) is 0 Å². The van der Waals surface area contributed by atoms with Crippen LogP contribution in [0.3, 0.4) is 0 Å². The Balaban J connectivity index is 2.62. The quantitative estimate of drug-likeness (QED) is 0.400. The van der Waals surface area contributed by atoms with Crippen molar-refractivity contribution in [3.63, 3.8) is 0 Å². The number of terminal acetylenes is 1. The predicted molar refractivity (Wildman–Crippen MR) is 66.4 cm³/mol. The van der Waals surface area contributed by atoms with E-state index in [4.69, 9.17) is 6.42 Å². The largest absolute Gasteiger partial charge is 0.120 e. The lowest BCUT2D eigenvalue weighted by atomic mass is 10.3. The fraction of sp³-hybridized carbons (Fsp3) is 0.385. The molecule has 1 aromatic carbocycles. The highest BCUT2D eigenvalue weighted by molar-refractivity contribution is 6.89. The molecule has 1 heteroatoms. The molecule has 0 saturated heterocycles. The Morgan fingerprint density at radius 1 is 1.21 bits per heavy atom. The lowest BCUT2D eigenvalue weighted by Crippen LogP contribution is -2.40. The second kappa shape index (κ2) is 5.02. The molecule has 0 saturated carbocycles. The molecule has 0 nitrogen and oxygen atoms in total. The molecular weight excluding hydrogens is 184 g/mol.